The first-order valence-corrected chi connectivity index (χ1v) is 9.48. The number of fused-ring (bicyclic) bond motifs is 1. The minimum atomic E-state index is -0.581. The highest BCUT2D eigenvalue weighted by molar-refractivity contribution is 6.04. The Bertz CT molecular complexity index is 1240. The zero-order valence-electron chi connectivity index (χ0n) is 16.1. The molecule has 3 aromatic heterocycles. The SMILES string of the molecule is Cc1ccc(-c2noc(C3COC3)n2)cc1NC(=O)c1cnc2cc(CF)ccn12. The number of alkyl halides is 1. The van der Waals surface area contributed by atoms with Crippen LogP contribution in [0, 0.1) is 6.92 Å². The number of nitrogens with one attached hydrogen (secondary N) is 1. The summed E-state index contributed by atoms with van der Waals surface area (Å²) in [6.07, 6.45) is 3.11. The molecule has 1 amide bonds. The van der Waals surface area contributed by atoms with Crippen LogP contribution in [0.5, 0.6) is 0 Å². The van der Waals surface area contributed by atoms with Crippen molar-refractivity contribution in [2.45, 2.75) is 19.5 Å². The molecule has 4 aromatic rings. The van der Waals surface area contributed by atoms with Crippen LogP contribution in [0.25, 0.3) is 17.0 Å². The van der Waals surface area contributed by atoms with Crippen molar-refractivity contribution < 1.29 is 18.4 Å². The van der Waals surface area contributed by atoms with Crippen molar-refractivity contribution in [2.75, 3.05) is 18.5 Å². The second-order valence-electron chi connectivity index (χ2n) is 7.21. The molecule has 9 heteroatoms. The Balaban J connectivity index is 1.41. The first-order valence-electron chi connectivity index (χ1n) is 9.48. The van der Waals surface area contributed by atoms with Crippen molar-refractivity contribution >= 4 is 17.2 Å². The Morgan fingerprint density at radius 3 is 2.93 bits per heavy atom. The van der Waals surface area contributed by atoms with E-state index in [0.29, 0.717) is 47.5 Å². The number of aromatic nitrogens is 4. The molecule has 5 rings (SSSR count). The lowest BCUT2D eigenvalue weighted by molar-refractivity contribution is -0.00445. The molecule has 1 aromatic carbocycles. The van der Waals surface area contributed by atoms with E-state index >= 15 is 0 Å². The molecule has 8 nitrogen and oxygen atoms in total. The van der Waals surface area contributed by atoms with Crippen molar-refractivity contribution in [1.29, 1.82) is 0 Å². The van der Waals surface area contributed by atoms with Gasteiger partial charge in [0.25, 0.3) is 5.91 Å². The number of hydrogen-bond donors (Lipinski definition) is 1. The summed E-state index contributed by atoms with van der Waals surface area (Å²) < 4.78 is 25.0. The lowest BCUT2D eigenvalue weighted by Gasteiger charge is -2.21. The summed E-state index contributed by atoms with van der Waals surface area (Å²) in [7, 11) is 0. The number of ether oxygens (including phenoxy) is 1. The highest BCUT2D eigenvalue weighted by Gasteiger charge is 2.27. The molecule has 152 valence electrons. The molecule has 1 N–H and O–H groups in total. The Morgan fingerprint density at radius 2 is 2.17 bits per heavy atom. The lowest BCUT2D eigenvalue weighted by atomic mass is 10.1. The highest BCUT2D eigenvalue weighted by atomic mass is 19.1. The number of imidazole rings is 1. The summed E-state index contributed by atoms with van der Waals surface area (Å²) in [5.41, 5.74) is 3.63. The van der Waals surface area contributed by atoms with E-state index in [9.17, 15) is 9.18 Å². The molecule has 0 spiro atoms. The predicted molar refractivity (Wildman–Crippen MR) is 106 cm³/mol. The van der Waals surface area contributed by atoms with E-state index in [1.165, 1.54) is 6.20 Å². The number of carbonyl (C=O) groups excluding carboxylic acids is 1. The second kappa shape index (κ2) is 7.34. The molecule has 1 aliphatic heterocycles. The van der Waals surface area contributed by atoms with Crippen LogP contribution in [-0.4, -0.2) is 38.6 Å². The normalized spacial score (nSPS) is 14.1. The average Bonchev–Trinajstić information content (AvgIpc) is 3.35. The van der Waals surface area contributed by atoms with Crippen molar-refractivity contribution in [2.24, 2.45) is 0 Å². The molecule has 4 heterocycles. The molecule has 0 atom stereocenters. The van der Waals surface area contributed by atoms with Gasteiger partial charge in [-0.1, -0.05) is 17.3 Å². The molecule has 1 aliphatic rings. The van der Waals surface area contributed by atoms with Crippen LogP contribution >= 0.6 is 0 Å². The molecule has 0 radical (unpaired) electrons. The number of anilines is 1. The fourth-order valence-electron chi connectivity index (χ4n) is 3.25. The lowest BCUT2D eigenvalue weighted by Crippen LogP contribution is -2.25. The van der Waals surface area contributed by atoms with Crippen molar-refractivity contribution in [3.05, 3.63) is 65.4 Å². The fraction of sp³-hybridized carbons (Fsp3) is 0.238. The summed E-state index contributed by atoms with van der Waals surface area (Å²) in [4.78, 5) is 21.5. The number of amides is 1. The summed E-state index contributed by atoms with van der Waals surface area (Å²) in [6.45, 7) is 2.49. The van der Waals surface area contributed by atoms with Gasteiger partial charge in [-0.25, -0.2) is 9.37 Å². The third-order valence-corrected chi connectivity index (χ3v) is 5.14. The first kappa shape index (κ1) is 18.4. The molecule has 1 saturated heterocycles. The van der Waals surface area contributed by atoms with Crippen LogP contribution in [-0.2, 0) is 11.4 Å². The minimum absolute atomic E-state index is 0.143. The summed E-state index contributed by atoms with van der Waals surface area (Å²) in [6, 6.07) is 8.81. The number of benzene rings is 1. The van der Waals surface area contributed by atoms with Crippen LogP contribution in [0.15, 0.2) is 47.2 Å². The van der Waals surface area contributed by atoms with Gasteiger partial charge in [0.2, 0.25) is 11.7 Å². The molecule has 30 heavy (non-hydrogen) atoms. The van der Waals surface area contributed by atoms with Crippen LogP contribution in [0.4, 0.5) is 10.1 Å². The molecule has 0 aliphatic carbocycles. The maximum absolute atomic E-state index is 12.9. The van der Waals surface area contributed by atoms with Crippen molar-refractivity contribution in [3.63, 3.8) is 0 Å². The topological polar surface area (TPSA) is 94.5 Å². The second-order valence-corrected chi connectivity index (χ2v) is 7.21. The first-order chi connectivity index (χ1) is 14.6. The van der Waals surface area contributed by atoms with Gasteiger partial charge in [-0.05, 0) is 36.2 Å². The Kier molecular flexibility index (Phi) is 4.51. The standard InChI is InChI=1S/C21H18FN5O3/c1-12-2-3-14(19-25-21(30-26-19)15-10-29-11-15)7-16(12)24-20(28)17-9-23-18-6-13(8-22)4-5-27(17)18/h2-7,9,15H,8,10-11H2,1H3,(H,24,28). The zero-order valence-corrected chi connectivity index (χ0v) is 16.1. The van der Waals surface area contributed by atoms with E-state index < -0.39 is 6.67 Å². The van der Waals surface area contributed by atoms with Gasteiger partial charge in [0.05, 0.1) is 25.3 Å². The summed E-state index contributed by atoms with van der Waals surface area (Å²) in [5.74, 6) is 0.835. The maximum Gasteiger partial charge on any atom is 0.274 e. The monoisotopic (exact) mass is 407 g/mol. The Morgan fingerprint density at radius 1 is 1.30 bits per heavy atom. The van der Waals surface area contributed by atoms with E-state index in [-0.39, 0.29) is 11.8 Å². The summed E-state index contributed by atoms with van der Waals surface area (Å²) in [5, 5.41) is 6.96. The van der Waals surface area contributed by atoms with E-state index in [0.717, 1.165) is 11.1 Å². The van der Waals surface area contributed by atoms with E-state index in [2.05, 4.69) is 20.4 Å². The van der Waals surface area contributed by atoms with Gasteiger partial charge in [-0.3, -0.25) is 9.20 Å². The van der Waals surface area contributed by atoms with Gasteiger partial charge in [-0.15, -0.1) is 0 Å². The van der Waals surface area contributed by atoms with Crippen LogP contribution in [0.3, 0.4) is 0 Å². The van der Waals surface area contributed by atoms with Gasteiger partial charge in [0, 0.05) is 17.4 Å². The number of aryl methyl sites for hydroxylation is 1. The van der Waals surface area contributed by atoms with E-state index in [4.69, 9.17) is 9.26 Å². The molecular weight excluding hydrogens is 389 g/mol. The number of nitrogens with zero attached hydrogens (tertiary/aromatic N) is 4. The number of rotatable bonds is 5. The Labute approximate surface area is 170 Å². The van der Waals surface area contributed by atoms with Gasteiger partial charge in [0.1, 0.15) is 18.0 Å². The summed E-state index contributed by atoms with van der Waals surface area (Å²) >= 11 is 0. The maximum atomic E-state index is 12.9. The fourth-order valence-corrected chi connectivity index (χ4v) is 3.25. The van der Waals surface area contributed by atoms with Gasteiger partial charge in [-0.2, -0.15) is 4.98 Å². The van der Waals surface area contributed by atoms with E-state index in [1.807, 2.05) is 25.1 Å². The molecule has 0 unspecified atom stereocenters. The van der Waals surface area contributed by atoms with E-state index in [1.54, 1.807) is 22.7 Å². The molecule has 0 bridgehead atoms. The number of halogens is 1. The average molecular weight is 407 g/mol. The quantitative estimate of drug-likeness (QED) is 0.544. The zero-order chi connectivity index (χ0) is 20.7. The largest absolute Gasteiger partial charge is 0.380 e. The Hall–Kier alpha value is -3.59. The van der Waals surface area contributed by atoms with Gasteiger partial charge >= 0.3 is 0 Å². The molecule has 0 saturated carbocycles. The highest BCUT2D eigenvalue weighted by Crippen LogP contribution is 2.27. The van der Waals surface area contributed by atoms with Crippen LogP contribution < -0.4 is 5.32 Å². The number of pyridine rings is 1. The predicted octanol–water partition coefficient (Wildman–Crippen LogP) is 3.53. The van der Waals surface area contributed by atoms with Crippen molar-refractivity contribution in [3.8, 4) is 11.4 Å². The van der Waals surface area contributed by atoms with Crippen molar-refractivity contribution in [1.82, 2.24) is 19.5 Å². The third kappa shape index (κ3) is 3.22. The minimum Gasteiger partial charge on any atom is -0.380 e. The van der Waals surface area contributed by atoms with Gasteiger partial charge in [0.15, 0.2) is 0 Å². The molecular formula is C21H18FN5O3. The number of hydrogen-bond acceptors (Lipinski definition) is 6. The number of carbonyl (C=O) groups is 1. The van der Waals surface area contributed by atoms with Crippen LogP contribution in [0.1, 0.15) is 33.4 Å². The smallest absolute Gasteiger partial charge is 0.274 e. The van der Waals surface area contributed by atoms with Crippen LogP contribution in [0.2, 0.25) is 0 Å². The molecule has 1 fully saturated rings. The van der Waals surface area contributed by atoms with Gasteiger partial charge < -0.3 is 14.6 Å². The third-order valence-electron chi connectivity index (χ3n) is 5.14.